The number of carbonyl (C=O) groups excluding carboxylic acids is 1. The summed E-state index contributed by atoms with van der Waals surface area (Å²) in [5.41, 5.74) is 0.159. The van der Waals surface area contributed by atoms with Crippen LogP contribution in [0.2, 0.25) is 0 Å². The lowest BCUT2D eigenvalue weighted by Crippen LogP contribution is -2.73. The van der Waals surface area contributed by atoms with Gasteiger partial charge in [-0.05, 0) is 37.3 Å². The smallest absolute Gasteiger partial charge is 0.273 e. The normalized spacial score (nSPS) is 34.0. The van der Waals surface area contributed by atoms with Gasteiger partial charge >= 0.3 is 0 Å². The molecule has 3 atom stereocenters. The molecule has 4 nitrogen and oxygen atoms in total. The van der Waals surface area contributed by atoms with Gasteiger partial charge in [0.1, 0.15) is 5.69 Å². The molecule has 96 valence electrons. The Hall–Kier alpha value is -1.42. The molecule has 3 aliphatic rings. The van der Waals surface area contributed by atoms with Crippen LogP contribution in [0.15, 0.2) is 24.4 Å². The van der Waals surface area contributed by atoms with Crippen molar-refractivity contribution >= 4 is 5.91 Å². The van der Waals surface area contributed by atoms with E-state index in [1.807, 2.05) is 11.0 Å². The molecule has 0 radical (unpaired) electrons. The summed E-state index contributed by atoms with van der Waals surface area (Å²) in [4.78, 5) is 18.5. The molecule has 2 bridgehead atoms. The van der Waals surface area contributed by atoms with Crippen molar-refractivity contribution in [3.63, 3.8) is 0 Å². The number of aliphatic hydroxyl groups is 1. The number of piperidine rings is 1. The number of amides is 1. The molecule has 3 heterocycles. The van der Waals surface area contributed by atoms with Crippen molar-refractivity contribution in [1.29, 1.82) is 0 Å². The largest absolute Gasteiger partial charge is 0.394 e. The van der Waals surface area contributed by atoms with Crippen LogP contribution in [0.1, 0.15) is 36.7 Å². The summed E-state index contributed by atoms with van der Waals surface area (Å²) in [5.74, 6) is 0.552. The summed E-state index contributed by atoms with van der Waals surface area (Å²) in [5, 5.41) is 9.66. The van der Waals surface area contributed by atoms with Crippen LogP contribution < -0.4 is 0 Å². The van der Waals surface area contributed by atoms with Crippen molar-refractivity contribution in [3.05, 3.63) is 30.1 Å². The predicted octanol–water partition coefficient (Wildman–Crippen LogP) is 1.46. The van der Waals surface area contributed by atoms with Gasteiger partial charge in [-0.3, -0.25) is 9.78 Å². The van der Waals surface area contributed by atoms with Crippen LogP contribution in [0.4, 0.5) is 0 Å². The lowest BCUT2D eigenvalue weighted by Gasteiger charge is -2.63. The number of rotatable bonds is 2. The summed E-state index contributed by atoms with van der Waals surface area (Å²) in [6.45, 7) is 2.26. The maximum absolute atomic E-state index is 12.5. The number of hydrogen-bond acceptors (Lipinski definition) is 3. The number of nitrogens with zero attached hydrogens (tertiary/aromatic N) is 2. The van der Waals surface area contributed by atoms with Crippen molar-refractivity contribution in [1.82, 2.24) is 9.88 Å². The Kier molecular flexibility index (Phi) is 2.63. The zero-order chi connectivity index (χ0) is 12.8. The van der Waals surface area contributed by atoms with E-state index in [1.165, 1.54) is 0 Å². The SMILES string of the molecule is C[C@@H]1CC2CC(CO)(C1)N2C(=O)c1ccccn1. The highest BCUT2D eigenvalue weighted by atomic mass is 16.3. The molecule has 1 saturated carbocycles. The van der Waals surface area contributed by atoms with Crippen molar-refractivity contribution < 1.29 is 9.90 Å². The number of aromatic nitrogens is 1. The third-order valence-corrected chi connectivity index (χ3v) is 4.29. The van der Waals surface area contributed by atoms with E-state index < -0.39 is 0 Å². The first-order valence-corrected chi connectivity index (χ1v) is 6.52. The van der Waals surface area contributed by atoms with Gasteiger partial charge < -0.3 is 10.0 Å². The molecule has 1 amide bonds. The van der Waals surface area contributed by atoms with E-state index >= 15 is 0 Å². The first kappa shape index (κ1) is 11.7. The van der Waals surface area contributed by atoms with Crippen molar-refractivity contribution in [2.24, 2.45) is 5.92 Å². The Morgan fingerprint density at radius 2 is 2.39 bits per heavy atom. The highest BCUT2D eigenvalue weighted by Gasteiger charge is 2.57. The van der Waals surface area contributed by atoms with Gasteiger partial charge in [0.05, 0.1) is 12.1 Å². The molecule has 1 N–H and O–H groups in total. The topological polar surface area (TPSA) is 53.4 Å². The van der Waals surface area contributed by atoms with Crippen LogP contribution in [0.5, 0.6) is 0 Å². The minimum Gasteiger partial charge on any atom is -0.394 e. The number of carbonyl (C=O) groups is 1. The van der Waals surface area contributed by atoms with Crippen LogP contribution in [-0.4, -0.2) is 39.1 Å². The fraction of sp³-hybridized carbons (Fsp3) is 0.571. The molecule has 2 saturated heterocycles. The quantitative estimate of drug-likeness (QED) is 0.859. The highest BCUT2D eigenvalue weighted by molar-refractivity contribution is 5.93. The Bertz CT molecular complexity index is 462. The van der Waals surface area contributed by atoms with Crippen molar-refractivity contribution in [2.45, 2.75) is 37.8 Å². The number of hydrogen-bond donors (Lipinski definition) is 1. The van der Waals surface area contributed by atoms with Crippen molar-refractivity contribution in [3.8, 4) is 0 Å². The molecule has 2 aliphatic heterocycles. The molecular weight excluding hydrogens is 228 g/mol. The molecular formula is C14H18N2O2. The standard InChI is InChI=1S/C14H18N2O2/c1-10-6-11-8-14(7-10,9-17)16(11)13(18)12-4-2-3-5-15-12/h2-5,10-11,17H,6-9H2,1H3/t10-,11?,14?/m1/s1. The predicted molar refractivity (Wildman–Crippen MR) is 67.0 cm³/mol. The second-order valence-corrected chi connectivity index (χ2v) is 5.68. The summed E-state index contributed by atoms with van der Waals surface area (Å²) in [6, 6.07) is 5.65. The third kappa shape index (κ3) is 1.56. The zero-order valence-electron chi connectivity index (χ0n) is 10.5. The van der Waals surface area contributed by atoms with Gasteiger partial charge in [-0.25, -0.2) is 0 Å². The number of fused-ring (bicyclic) bond motifs is 2. The molecule has 18 heavy (non-hydrogen) atoms. The van der Waals surface area contributed by atoms with Crippen LogP contribution in [0.3, 0.4) is 0 Å². The van der Waals surface area contributed by atoms with E-state index in [2.05, 4.69) is 11.9 Å². The van der Waals surface area contributed by atoms with E-state index in [0.29, 0.717) is 11.6 Å². The molecule has 1 aliphatic carbocycles. The van der Waals surface area contributed by atoms with E-state index in [4.69, 9.17) is 0 Å². The highest BCUT2D eigenvalue weighted by Crippen LogP contribution is 2.49. The van der Waals surface area contributed by atoms with Gasteiger partial charge in [0.25, 0.3) is 5.91 Å². The lowest BCUT2D eigenvalue weighted by molar-refractivity contribution is -0.123. The summed E-state index contributed by atoms with van der Waals surface area (Å²) in [6.07, 6.45) is 4.52. The molecule has 0 aromatic carbocycles. The average molecular weight is 246 g/mol. The van der Waals surface area contributed by atoms with E-state index in [1.54, 1.807) is 18.3 Å². The molecule has 1 aromatic rings. The van der Waals surface area contributed by atoms with Gasteiger partial charge in [0.15, 0.2) is 0 Å². The molecule has 3 fully saturated rings. The summed E-state index contributed by atoms with van der Waals surface area (Å²) < 4.78 is 0. The van der Waals surface area contributed by atoms with Crippen LogP contribution >= 0.6 is 0 Å². The van der Waals surface area contributed by atoms with Gasteiger partial charge in [0.2, 0.25) is 0 Å². The minimum absolute atomic E-state index is 0.0344. The van der Waals surface area contributed by atoms with E-state index in [0.717, 1.165) is 19.3 Å². The number of aliphatic hydroxyl groups excluding tert-OH is 1. The molecule has 1 aromatic heterocycles. The Labute approximate surface area is 107 Å². The van der Waals surface area contributed by atoms with Gasteiger partial charge in [0, 0.05) is 12.2 Å². The van der Waals surface area contributed by atoms with E-state index in [-0.39, 0.29) is 24.1 Å². The van der Waals surface area contributed by atoms with Crippen molar-refractivity contribution in [2.75, 3.05) is 6.61 Å². The second kappa shape index (κ2) is 4.05. The monoisotopic (exact) mass is 246 g/mol. The maximum atomic E-state index is 12.5. The first-order valence-electron chi connectivity index (χ1n) is 6.52. The molecule has 0 spiro atoms. The number of pyridine rings is 1. The molecule has 4 heteroatoms. The van der Waals surface area contributed by atoms with Crippen LogP contribution in [-0.2, 0) is 0 Å². The summed E-state index contributed by atoms with van der Waals surface area (Å²) in [7, 11) is 0. The van der Waals surface area contributed by atoms with Crippen LogP contribution in [0, 0.1) is 5.92 Å². The molecule has 2 unspecified atom stereocenters. The van der Waals surface area contributed by atoms with E-state index in [9.17, 15) is 9.90 Å². The van der Waals surface area contributed by atoms with Crippen LogP contribution in [0.25, 0.3) is 0 Å². The lowest BCUT2D eigenvalue weighted by atomic mass is 9.64. The fourth-order valence-corrected chi connectivity index (χ4v) is 3.67. The van der Waals surface area contributed by atoms with Gasteiger partial charge in [-0.15, -0.1) is 0 Å². The second-order valence-electron chi connectivity index (χ2n) is 5.68. The van der Waals surface area contributed by atoms with Gasteiger partial charge in [-0.2, -0.15) is 0 Å². The summed E-state index contributed by atoms with van der Waals surface area (Å²) >= 11 is 0. The Morgan fingerprint density at radius 1 is 1.56 bits per heavy atom. The Balaban J connectivity index is 1.87. The third-order valence-electron chi connectivity index (χ3n) is 4.29. The Morgan fingerprint density at radius 3 is 3.06 bits per heavy atom. The zero-order valence-corrected chi connectivity index (χ0v) is 10.5. The van der Waals surface area contributed by atoms with Gasteiger partial charge in [-0.1, -0.05) is 13.0 Å². The first-order chi connectivity index (χ1) is 8.66. The fourth-order valence-electron chi connectivity index (χ4n) is 3.67. The molecule has 4 rings (SSSR count). The maximum Gasteiger partial charge on any atom is 0.273 e. The average Bonchev–Trinajstić information content (AvgIpc) is 2.38. The minimum atomic E-state index is -0.322.